The molecule has 0 radical (unpaired) electrons. The summed E-state index contributed by atoms with van der Waals surface area (Å²) in [5, 5.41) is 12.5. The molecule has 0 aliphatic heterocycles. The summed E-state index contributed by atoms with van der Waals surface area (Å²) >= 11 is 11.7. The van der Waals surface area contributed by atoms with Crippen molar-refractivity contribution >= 4 is 23.2 Å². The first-order valence-corrected chi connectivity index (χ1v) is 6.18. The molecule has 1 N–H and O–H groups in total. The SMILES string of the molecule is O=c1c(Cl)c(Cl)c(OCCO)nn1-c1ccccc1. The molecule has 5 nitrogen and oxygen atoms in total. The van der Waals surface area contributed by atoms with Crippen molar-refractivity contribution < 1.29 is 9.84 Å². The number of rotatable bonds is 4. The van der Waals surface area contributed by atoms with Gasteiger partial charge in [0.1, 0.15) is 16.7 Å². The topological polar surface area (TPSA) is 64.3 Å². The van der Waals surface area contributed by atoms with E-state index in [0.717, 1.165) is 4.68 Å². The molecule has 0 saturated heterocycles. The zero-order chi connectivity index (χ0) is 13.8. The number of nitrogens with zero attached hydrogens (tertiary/aromatic N) is 2. The monoisotopic (exact) mass is 300 g/mol. The summed E-state index contributed by atoms with van der Waals surface area (Å²) in [6.07, 6.45) is 0. The fourth-order valence-electron chi connectivity index (χ4n) is 1.44. The third-order valence-corrected chi connectivity index (χ3v) is 3.08. The highest BCUT2D eigenvalue weighted by molar-refractivity contribution is 6.42. The average molecular weight is 301 g/mol. The molecule has 19 heavy (non-hydrogen) atoms. The first-order valence-electron chi connectivity index (χ1n) is 5.42. The molecule has 0 fully saturated rings. The molecule has 0 saturated carbocycles. The Morgan fingerprint density at radius 2 is 1.89 bits per heavy atom. The van der Waals surface area contributed by atoms with Gasteiger partial charge < -0.3 is 9.84 Å². The Morgan fingerprint density at radius 1 is 1.21 bits per heavy atom. The van der Waals surface area contributed by atoms with Crippen LogP contribution in [0.15, 0.2) is 35.1 Å². The Bertz CT molecular complexity index is 629. The van der Waals surface area contributed by atoms with Gasteiger partial charge in [-0.05, 0) is 12.1 Å². The first kappa shape index (κ1) is 13.9. The minimum absolute atomic E-state index is 0.00386. The van der Waals surface area contributed by atoms with Gasteiger partial charge in [0.15, 0.2) is 0 Å². The van der Waals surface area contributed by atoms with Gasteiger partial charge in [0.2, 0.25) is 0 Å². The molecule has 1 aromatic heterocycles. The molecule has 7 heteroatoms. The fraction of sp³-hybridized carbons (Fsp3) is 0.167. The second-order valence-corrected chi connectivity index (χ2v) is 4.31. The van der Waals surface area contributed by atoms with E-state index in [9.17, 15) is 4.79 Å². The van der Waals surface area contributed by atoms with E-state index >= 15 is 0 Å². The maximum atomic E-state index is 12.0. The van der Waals surface area contributed by atoms with Gasteiger partial charge in [0.25, 0.3) is 11.4 Å². The third kappa shape index (κ3) is 2.89. The van der Waals surface area contributed by atoms with E-state index in [1.807, 2.05) is 6.07 Å². The van der Waals surface area contributed by atoms with E-state index in [-0.39, 0.29) is 29.1 Å². The predicted octanol–water partition coefficient (Wildman–Crippen LogP) is 1.91. The molecule has 2 rings (SSSR count). The number of aliphatic hydroxyl groups is 1. The van der Waals surface area contributed by atoms with Crippen LogP contribution in [-0.2, 0) is 0 Å². The van der Waals surface area contributed by atoms with Crippen LogP contribution in [0.3, 0.4) is 0 Å². The van der Waals surface area contributed by atoms with Gasteiger partial charge in [-0.15, -0.1) is 5.10 Å². The van der Waals surface area contributed by atoms with Crippen LogP contribution in [0.1, 0.15) is 0 Å². The van der Waals surface area contributed by atoms with Gasteiger partial charge >= 0.3 is 0 Å². The Balaban J connectivity index is 2.56. The van der Waals surface area contributed by atoms with Crippen LogP contribution in [0.2, 0.25) is 10.0 Å². The predicted molar refractivity (Wildman–Crippen MR) is 72.4 cm³/mol. The van der Waals surface area contributed by atoms with Crippen molar-refractivity contribution in [2.45, 2.75) is 0 Å². The molecule has 0 aliphatic carbocycles. The summed E-state index contributed by atoms with van der Waals surface area (Å²) in [5.74, 6) is 0.00386. The minimum atomic E-state index is -0.533. The molecule has 1 heterocycles. The Labute approximate surface area is 119 Å². The van der Waals surface area contributed by atoms with Gasteiger partial charge in [-0.25, -0.2) is 0 Å². The molecule has 0 aliphatic rings. The number of ether oxygens (including phenoxy) is 1. The number of hydrogen-bond donors (Lipinski definition) is 1. The average Bonchev–Trinajstić information content (AvgIpc) is 2.45. The normalized spacial score (nSPS) is 10.5. The molecule has 100 valence electrons. The Kier molecular flexibility index (Phi) is 4.42. The lowest BCUT2D eigenvalue weighted by Gasteiger charge is -2.10. The van der Waals surface area contributed by atoms with Crippen LogP contribution >= 0.6 is 23.2 Å². The Hall–Kier alpha value is -1.56. The number of hydrogen-bond acceptors (Lipinski definition) is 4. The van der Waals surface area contributed by atoms with Crippen molar-refractivity contribution in [1.29, 1.82) is 0 Å². The smallest absolute Gasteiger partial charge is 0.292 e. The van der Waals surface area contributed by atoms with Gasteiger partial charge in [0.05, 0.1) is 12.3 Å². The lowest BCUT2D eigenvalue weighted by Crippen LogP contribution is -2.23. The molecule has 0 bridgehead atoms. The molecule has 1 aromatic carbocycles. The van der Waals surface area contributed by atoms with Crippen molar-refractivity contribution in [2.75, 3.05) is 13.2 Å². The molecule has 2 aromatic rings. The highest BCUT2D eigenvalue weighted by Gasteiger charge is 2.16. The number of aliphatic hydroxyl groups excluding tert-OH is 1. The highest BCUT2D eigenvalue weighted by atomic mass is 35.5. The quantitative estimate of drug-likeness (QED) is 0.937. The van der Waals surface area contributed by atoms with E-state index < -0.39 is 5.56 Å². The van der Waals surface area contributed by atoms with Crippen LogP contribution in [0.5, 0.6) is 5.88 Å². The van der Waals surface area contributed by atoms with Crippen LogP contribution in [-0.4, -0.2) is 28.1 Å². The molecule has 0 spiro atoms. The number of aromatic nitrogens is 2. The van der Waals surface area contributed by atoms with Crippen molar-refractivity contribution in [1.82, 2.24) is 9.78 Å². The van der Waals surface area contributed by atoms with Gasteiger partial charge in [-0.1, -0.05) is 41.4 Å². The summed E-state index contributed by atoms with van der Waals surface area (Å²) in [6, 6.07) is 8.75. The number of halogens is 2. The van der Waals surface area contributed by atoms with Crippen molar-refractivity contribution in [3.63, 3.8) is 0 Å². The fourth-order valence-corrected chi connectivity index (χ4v) is 1.77. The van der Waals surface area contributed by atoms with Crippen LogP contribution < -0.4 is 10.3 Å². The van der Waals surface area contributed by atoms with Crippen molar-refractivity contribution in [3.8, 4) is 11.6 Å². The summed E-state index contributed by atoms with van der Waals surface area (Å²) in [4.78, 5) is 12.0. The summed E-state index contributed by atoms with van der Waals surface area (Å²) < 4.78 is 6.24. The number of benzene rings is 1. The van der Waals surface area contributed by atoms with Crippen LogP contribution in [0.4, 0.5) is 0 Å². The summed E-state index contributed by atoms with van der Waals surface area (Å²) in [5.41, 5.74) is 0.00845. The minimum Gasteiger partial charge on any atom is -0.473 e. The summed E-state index contributed by atoms with van der Waals surface area (Å²) in [7, 11) is 0. The standard InChI is InChI=1S/C12H10Cl2N2O3/c13-9-10(14)12(18)16(8-4-2-1-3-5-8)15-11(9)19-7-6-17/h1-5,17H,6-7H2. The van der Waals surface area contributed by atoms with Crippen LogP contribution in [0, 0.1) is 0 Å². The van der Waals surface area contributed by atoms with Gasteiger partial charge in [-0.2, -0.15) is 4.68 Å². The molecule has 0 amide bonds. The van der Waals surface area contributed by atoms with Gasteiger partial charge in [0, 0.05) is 0 Å². The zero-order valence-corrected chi connectivity index (χ0v) is 11.2. The van der Waals surface area contributed by atoms with E-state index in [4.69, 9.17) is 33.0 Å². The summed E-state index contributed by atoms with van der Waals surface area (Å²) in [6.45, 7) is -0.184. The lowest BCUT2D eigenvalue weighted by molar-refractivity contribution is 0.194. The maximum absolute atomic E-state index is 12.0. The first-order chi connectivity index (χ1) is 9.15. The van der Waals surface area contributed by atoms with Crippen molar-refractivity contribution in [3.05, 3.63) is 50.7 Å². The molecule has 0 unspecified atom stereocenters. The molecular formula is C12H10Cl2N2O3. The lowest BCUT2D eigenvalue weighted by atomic mass is 10.3. The van der Waals surface area contributed by atoms with E-state index in [1.165, 1.54) is 0 Å². The highest BCUT2D eigenvalue weighted by Crippen LogP contribution is 2.27. The van der Waals surface area contributed by atoms with Gasteiger partial charge in [-0.3, -0.25) is 4.79 Å². The Morgan fingerprint density at radius 3 is 2.53 bits per heavy atom. The maximum Gasteiger partial charge on any atom is 0.292 e. The van der Waals surface area contributed by atoms with Crippen LogP contribution in [0.25, 0.3) is 5.69 Å². The van der Waals surface area contributed by atoms with E-state index in [1.54, 1.807) is 24.3 Å². The second-order valence-electron chi connectivity index (χ2n) is 3.56. The zero-order valence-electron chi connectivity index (χ0n) is 9.72. The van der Waals surface area contributed by atoms with E-state index in [2.05, 4.69) is 5.10 Å². The molecular weight excluding hydrogens is 291 g/mol. The van der Waals surface area contributed by atoms with Crippen molar-refractivity contribution in [2.24, 2.45) is 0 Å². The number of para-hydroxylation sites is 1. The second kappa shape index (κ2) is 6.06. The van der Waals surface area contributed by atoms with E-state index in [0.29, 0.717) is 5.69 Å². The molecule has 0 atom stereocenters. The third-order valence-electron chi connectivity index (χ3n) is 2.28. The largest absolute Gasteiger partial charge is 0.473 e.